The van der Waals surface area contributed by atoms with Gasteiger partial charge in [-0.3, -0.25) is 9.69 Å². The fraction of sp³-hybridized carbons (Fsp3) is 0.846. The van der Waals surface area contributed by atoms with Gasteiger partial charge in [0.1, 0.15) is 11.6 Å². The number of carbonyl (C=O) groups is 2. The molecule has 0 radical (unpaired) electrons. The zero-order valence-corrected chi connectivity index (χ0v) is 12.5. The van der Waals surface area contributed by atoms with E-state index in [9.17, 15) is 9.59 Å². The van der Waals surface area contributed by atoms with E-state index in [-0.39, 0.29) is 18.5 Å². The minimum absolute atomic E-state index is 0.102. The van der Waals surface area contributed by atoms with Crippen molar-refractivity contribution in [1.29, 1.82) is 0 Å². The first-order valence-corrected chi connectivity index (χ1v) is 6.67. The van der Waals surface area contributed by atoms with Crippen LogP contribution in [0, 0.1) is 0 Å². The predicted molar refractivity (Wildman–Crippen MR) is 72.6 cm³/mol. The first-order chi connectivity index (χ1) is 8.67. The van der Waals surface area contributed by atoms with Crippen LogP contribution in [0.5, 0.6) is 0 Å². The molecule has 0 saturated carbocycles. The molecule has 1 heterocycles. The third-order valence-corrected chi connectivity index (χ3v) is 3.00. The third kappa shape index (κ3) is 3.83. The predicted octanol–water partition coefficient (Wildman–Crippen LogP) is 0.801. The number of ether oxygens (including phenoxy) is 1. The Morgan fingerprint density at radius 3 is 2.42 bits per heavy atom. The van der Waals surface area contributed by atoms with Crippen LogP contribution in [0.25, 0.3) is 0 Å². The molecule has 19 heavy (non-hydrogen) atoms. The van der Waals surface area contributed by atoms with E-state index < -0.39 is 17.7 Å². The lowest BCUT2D eigenvalue weighted by Gasteiger charge is -2.42. The smallest absolute Gasteiger partial charge is 0.411 e. The number of hydrogen-bond donors (Lipinski definition) is 1. The Labute approximate surface area is 114 Å². The Hall–Kier alpha value is -1.30. The largest absolute Gasteiger partial charge is 0.444 e. The van der Waals surface area contributed by atoms with E-state index in [0.29, 0.717) is 13.1 Å². The molecule has 1 saturated heterocycles. The quantitative estimate of drug-likeness (QED) is 0.806. The summed E-state index contributed by atoms with van der Waals surface area (Å²) in [5.74, 6) is -0.102. The molecule has 6 heteroatoms. The Balaban J connectivity index is 2.81. The lowest BCUT2D eigenvalue weighted by Crippen LogP contribution is -2.62. The zero-order valence-electron chi connectivity index (χ0n) is 12.5. The van der Waals surface area contributed by atoms with Crippen LogP contribution < -0.4 is 5.73 Å². The average Bonchev–Trinajstić information content (AvgIpc) is 2.25. The Bertz CT molecular complexity index is 350. The number of nitrogens with zero attached hydrogens (tertiary/aromatic N) is 2. The molecule has 0 aliphatic carbocycles. The molecule has 0 spiro atoms. The highest BCUT2D eigenvalue weighted by Crippen LogP contribution is 2.17. The van der Waals surface area contributed by atoms with E-state index in [1.54, 1.807) is 25.7 Å². The minimum Gasteiger partial charge on any atom is -0.444 e. The van der Waals surface area contributed by atoms with Crippen molar-refractivity contribution >= 4 is 12.0 Å². The van der Waals surface area contributed by atoms with Crippen LogP contribution in [-0.2, 0) is 9.53 Å². The molecule has 1 atom stereocenters. The van der Waals surface area contributed by atoms with E-state index in [2.05, 4.69) is 0 Å². The second-order valence-electron chi connectivity index (χ2n) is 6.05. The molecule has 1 aliphatic rings. The summed E-state index contributed by atoms with van der Waals surface area (Å²) in [7, 11) is 0. The van der Waals surface area contributed by atoms with Crippen LogP contribution in [0.15, 0.2) is 0 Å². The van der Waals surface area contributed by atoms with Crippen LogP contribution in [0.3, 0.4) is 0 Å². The summed E-state index contributed by atoms with van der Waals surface area (Å²) in [6, 6.07) is -0.506. The number of amides is 2. The maximum atomic E-state index is 12.3. The van der Waals surface area contributed by atoms with Crippen molar-refractivity contribution in [1.82, 2.24) is 9.80 Å². The van der Waals surface area contributed by atoms with Crippen LogP contribution in [-0.4, -0.2) is 59.1 Å². The molecule has 1 rings (SSSR count). The van der Waals surface area contributed by atoms with Gasteiger partial charge in [0.2, 0.25) is 5.91 Å². The van der Waals surface area contributed by atoms with Crippen LogP contribution >= 0.6 is 0 Å². The van der Waals surface area contributed by atoms with Crippen molar-refractivity contribution in [2.75, 3.05) is 19.6 Å². The molecule has 1 aliphatic heterocycles. The van der Waals surface area contributed by atoms with Gasteiger partial charge in [-0.1, -0.05) is 0 Å². The minimum atomic E-state index is -0.619. The third-order valence-electron chi connectivity index (χ3n) is 3.00. The highest BCUT2D eigenvalue weighted by Gasteiger charge is 2.39. The van der Waals surface area contributed by atoms with Crippen LogP contribution in [0.4, 0.5) is 4.79 Å². The second-order valence-corrected chi connectivity index (χ2v) is 6.05. The molecule has 2 N–H and O–H groups in total. The van der Waals surface area contributed by atoms with Gasteiger partial charge in [-0.2, -0.15) is 0 Å². The highest BCUT2D eigenvalue weighted by atomic mass is 16.6. The Morgan fingerprint density at radius 2 is 2.00 bits per heavy atom. The normalized spacial score (nSPS) is 21.0. The molecule has 0 aromatic rings. The summed E-state index contributed by atoms with van der Waals surface area (Å²) >= 11 is 0. The SMILES string of the molecule is CC(C)N1CCN(C(=O)OC(C)(C)C)C(CN)C1=O. The molecule has 0 aromatic heterocycles. The number of piperazine rings is 1. The van der Waals surface area contributed by atoms with Crippen molar-refractivity contribution in [2.45, 2.75) is 52.3 Å². The van der Waals surface area contributed by atoms with Gasteiger partial charge in [0, 0.05) is 25.7 Å². The Kier molecular flexibility index (Phi) is 4.79. The molecule has 0 aromatic carbocycles. The fourth-order valence-electron chi connectivity index (χ4n) is 2.09. The summed E-state index contributed by atoms with van der Waals surface area (Å²) in [6.07, 6.45) is -0.472. The molecule has 6 nitrogen and oxygen atoms in total. The van der Waals surface area contributed by atoms with Crippen LogP contribution in [0.1, 0.15) is 34.6 Å². The van der Waals surface area contributed by atoms with Crippen molar-refractivity contribution in [3.8, 4) is 0 Å². The number of hydrogen-bond acceptors (Lipinski definition) is 4. The van der Waals surface area contributed by atoms with Crippen molar-refractivity contribution < 1.29 is 14.3 Å². The number of nitrogens with two attached hydrogens (primary N) is 1. The lowest BCUT2D eigenvalue weighted by molar-refractivity contribution is -0.143. The topological polar surface area (TPSA) is 75.9 Å². The fourth-order valence-corrected chi connectivity index (χ4v) is 2.09. The average molecular weight is 271 g/mol. The first kappa shape index (κ1) is 15.8. The monoisotopic (exact) mass is 271 g/mol. The molecular weight excluding hydrogens is 246 g/mol. The van der Waals surface area contributed by atoms with Gasteiger partial charge in [0.25, 0.3) is 0 Å². The summed E-state index contributed by atoms with van der Waals surface area (Å²) in [5, 5.41) is 0. The summed E-state index contributed by atoms with van der Waals surface area (Å²) in [5.41, 5.74) is 5.08. The van der Waals surface area contributed by atoms with E-state index in [1.165, 1.54) is 4.90 Å². The van der Waals surface area contributed by atoms with Gasteiger partial charge in [-0.25, -0.2) is 4.79 Å². The standard InChI is InChI=1S/C13H25N3O3/c1-9(2)15-6-7-16(10(8-14)11(15)17)12(18)19-13(3,4)5/h9-10H,6-8,14H2,1-5H3. The summed E-state index contributed by atoms with van der Waals surface area (Å²) in [6.45, 7) is 10.4. The van der Waals surface area contributed by atoms with Gasteiger partial charge in [0.15, 0.2) is 0 Å². The summed E-state index contributed by atoms with van der Waals surface area (Å²) in [4.78, 5) is 27.5. The first-order valence-electron chi connectivity index (χ1n) is 6.67. The van der Waals surface area contributed by atoms with Crippen molar-refractivity contribution in [2.24, 2.45) is 5.73 Å². The lowest BCUT2D eigenvalue weighted by atomic mass is 10.1. The molecule has 1 fully saturated rings. The van der Waals surface area contributed by atoms with E-state index in [0.717, 1.165) is 0 Å². The van der Waals surface area contributed by atoms with Gasteiger partial charge < -0.3 is 15.4 Å². The number of carbonyl (C=O) groups excluding carboxylic acids is 2. The van der Waals surface area contributed by atoms with Crippen molar-refractivity contribution in [3.63, 3.8) is 0 Å². The maximum Gasteiger partial charge on any atom is 0.411 e. The second kappa shape index (κ2) is 5.77. The van der Waals surface area contributed by atoms with Gasteiger partial charge in [0.05, 0.1) is 0 Å². The van der Waals surface area contributed by atoms with E-state index >= 15 is 0 Å². The van der Waals surface area contributed by atoms with Crippen molar-refractivity contribution in [3.05, 3.63) is 0 Å². The molecule has 0 bridgehead atoms. The highest BCUT2D eigenvalue weighted by molar-refractivity contribution is 5.87. The van der Waals surface area contributed by atoms with E-state index in [4.69, 9.17) is 10.5 Å². The van der Waals surface area contributed by atoms with Gasteiger partial charge in [-0.15, -0.1) is 0 Å². The zero-order chi connectivity index (χ0) is 14.8. The maximum absolute atomic E-state index is 12.3. The molecule has 110 valence electrons. The molecule has 2 amide bonds. The summed E-state index contributed by atoms with van der Waals surface area (Å²) < 4.78 is 5.31. The number of rotatable bonds is 2. The van der Waals surface area contributed by atoms with Gasteiger partial charge in [-0.05, 0) is 34.6 Å². The van der Waals surface area contributed by atoms with E-state index in [1.807, 2.05) is 13.8 Å². The Morgan fingerprint density at radius 1 is 1.42 bits per heavy atom. The molecular formula is C13H25N3O3. The van der Waals surface area contributed by atoms with Crippen LogP contribution in [0.2, 0.25) is 0 Å². The molecule has 1 unspecified atom stereocenters. The van der Waals surface area contributed by atoms with Gasteiger partial charge >= 0.3 is 6.09 Å².